The third-order valence-corrected chi connectivity index (χ3v) is 19.6. The molecule has 0 bridgehead atoms. The third-order valence-electron chi connectivity index (χ3n) is 1.26. The van der Waals surface area contributed by atoms with Crippen LogP contribution in [-0.4, -0.2) is 15.4 Å². The van der Waals surface area contributed by atoms with Gasteiger partial charge in [0.05, 0.1) is 0 Å². The monoisotopic (exact) mass is 278 g/mol. The second-order valence-electron chi connectivity index (χ2n) is 3.19. The van der Waals surface area contributed by atoms with Crippen molar-refractivity contribution in [1.29, 1.82) is 0 Å². The summed E-state index contributed by atoms with van der Waals surface area (Å²) >= 11 is 11.2. The van der Waals surface area contributed by atoms with E-state index in [-0.39, 0.29) is 10.5 Å². The Balaban J connectivity index is 4.96. The maximum absolute atomic E-state index is 11.8. The molecule has 7 heteroatoms. The van der Waals surface area contributed by atoms with Crippen LogP contribution in [0, 0.1) is 0 Å². The maximum Gasteiger partial charge on any atom is 0.318 e. The molecule has 0 heterocycles. The average Bonchev–Trinajstić information content (AvgIpc) is 1.83. The Kier molecular flexibility index (Phi) is 5.40. The molecule has 1 atom stereocenters. The minimum Gasteiger partial charge on any atom is -0.329 e. The molecule has 80 valence electrons. The molecule has 0 aliphatic carbocycles. The van der Waals surface area contributed by atoms with Gasteiger partial charge >= 0.3 is 5.77 Å². The fourth-order valence-corrected chi connectivity index (χ4v) is 11.4. The van der Waals surface area contributed by atoms with E-state index >= 15 is 0 Å². The van der Waals surface area contributed by atoms with Gasteiger partial charge < -0.3 is 4.89 Å². The Morgan fingerprint density at radius 1 is 1.31 bits per heavy atom. The Labute approximate surface area is 93.6 Å². The maximum atomic E-state index is 11.8. The van der Waals surface area contributed by atoms with E-state index in [1.807, 2.05) is 27.7 Å². The fourth-order valence-electron chi connectivity index (χ4n) is 0.593. The Morgan fingerprint density at radius 2 is 1.69 bits per heavy atom. The molecule has 0 aliphatic rings. The van der Waals surface area contributed by atoms with Gasteiger partial charge in [0.2, 0.25) is 0 Å². The number of hydrogen-bond donors (Lipinski definition) is 1. The van der Waals surface area contributed by atoms with E-state index in [0.717, 1.165) is 11.4 Å². The van der Waals surface area contributed by atoms with Crippen molar-refractivity contribution < 1.29 is 9.46 Å². The zero-order valence-corrected chi connectivity index (χ0v) is 12.3. The highest BCUT2D eigenvalue weighted by molar-refractivity contribution is 9.02. The fraction of sp³-hybridized carbons (Fsp3) is 1.00. The first-order valence-electron chi connectivity index (χ1n) is 3.86. The number of rotatable bonds is 4. The van der Waals surface area contributed by atoms with Crippen LogP contribution in [0.15, 0.2) is 0 Å². The summed E-state index contributed by atoms with van der Waals surface area (Å²) in [7, 11) is 0. The largest absolute Gasteiger partial charge is 0.329 e. The van der Waals surface area contributed by atoms with Crippen molar-refractivity contribution in [1.82, 2.24) is 0 Å². The predicted molar refractivity (Wildman–Crippen MR) is 69.8 cm³/mol. The smallest absolute Gasteiger partial charge is 0.318 e. The highest BCUT2D eigenvalue weighted by Crippen LogP contribution is 2.63. The van der Waals surface area contributed by atoms with Gasteiger partial charge in [-0.3, -0.25) is 4.57 Å². The minimum absolute atomic E-state index is 0.0698. The molecular weight excluding hydrogens is 263 g/mol. The molecule has 0 fully saturated rings. The van der Waals surface area contributed by atoms with E-state index in [1.165, 1.54) is 0 Å². The Morgan fingerprint density at radius 3 is 1.92 bits per heavy atom. The topological polar surface area (TPSA) is 37.3 Å². The van der Waals surface area contributed by atoms with Crippen molar-refractivity contribution in [3.8, 4) is 0 Å². The molecule has 0 aromatic carbocycles. The lowest BCUT2D eigenvalue weighted by Gasteiger charge is -2.21. The van der Waals surface area contributed by atoms with E-state index in [1.54, 1.807) is 0 Å². The van der Waals surface area contributed by atoms with Crippen molar-refractivity contribution >= 4 is 46.3 Å². The second kappa shape index (κ2) is 4.90. The van der Waals surface area contributed by atoms with Crippen LogP contribution in [0.1, 0.15) is 27.7 Å². The summed E-state index contributed by atoms with van der Waals surface area (Å²) < 4.78 is 11.8. The van der Waals surface area contributed by atoms with E-state index in [9.17, 15) is 9.46 Å². The van der Waals surface area contributed by atoms with Gasteiger partial charge in [-0.2, -0.15) is 0 Å². The third kappa shape index (κ3) is 3.76. The lowest BCUT2D eigenvalue weighted by Crippen LogP contribution is -2.10. The van der Waals surface area contributed by atoms with Gasteiger partial charge in [-0.05, 0) is 29.1 Å². The SMILES string of the molecule is CC(C)SP(=O)(O)S(=S)(=S)C(C)C. The van der Waals surface area contributed by atoms with Crippen LogP contribution in [-0.2, 0) is 33.7 Å². The van der Waals surface area contributed by atoms with Crippen molar-refractivity contribution in [3.63, 3.8) is 0 Å². The zero-order valence-electron chi connectivity index (χ0n) is 8.09. The second-order valence-corrected chi connectivity index (χ2v) is 18.5. The summed E-state index contributed by atoms with van der Waals surface area (Å²) in [5.74, 6) is -3.38. The summed E-state index contributed by atoms with van der Waals surface area (Å²) in [6.07, 6.45) is 0. The van der Waals surface area contributed by atoms with Gasteiger partial charge in [0.15, 0.2) is 0 Å². The molecule has 1 unspecified atom stereocenters. The lowest BCUT2D eigenvalue weighted by atomic mass is 10.6. The summed E-state index contributed by atoms with van der Waals surface area (Å²) in [6, 6.07) is 0. The molecule has 0 rings (SSSR count). The number of hydrogen-bond acceptors (Lipinski definition) is 4. The summed E-state index contributed by atoms with van der Waals surface area (Å²) in [5.41, 5.74) is 0. The van der Waals surface area contributed by atoms with Crippen LogP contribution in [0.4, 0.5) is 0 Å². The van der Waals surface area contributed by atoms with Gasteiger partial charge in [-0.1, -0.05) is 39.1 Å². The Hall–Kier alpha value is 1.33. The molecular formula is C6H15O2PS4. The molecule has 0 amide bonds. The first-order chi connectivity index (χ1) is 5.61. The van der Waals surface area contributed by atoms with Gasteiger partial charge in [0.25, 0.3) is 0 Å². The van der Waals surface area contributed by atoms with E-state index in [0.29, 0.717) is 0 Å². The van der Waals surface area contributed by atoms with Crippen LogP contribution in [0.5, 0.6) is 0 Å². The van der Waals surface area contributed by atoms with Crippen LogP contribution in [0.25, 0.3) is 0 Å². The minimum atomic E-state index is -3.38. The molecule has 0 radical (unpaired) electrons. The van der Waals surface area contributed by atoms with Crippen molar-refractivity contribution in [2.75, 3.05) is 0 Å². The molecule has 0 spiro atoms. The summed E-state index contributed by atoms with van der Waals surface area (Å²) in [4.78, 5) is 9.73. The van der Waals surface area contributed by atoms with E-state index in [2.05, 4.69) is 0 Å². The van der Waals surface area contributed by atoms with E-state index in [4.69, 9.17) is 22.4 Å². The molecule has 2 nitrogen and oxygen atoms in total. The molecule has 0 aliphatic heterocycles. The van der Waals surface area contributed by atoms with Crippen LogP contribution < -0.4 is 0 Å². The summed E-state index contributed by atoms with van der Waals surface area (Å²) in [6.45, 7) is 5.14. The Bertz CT molecular complexity index is 307. The molecule has 0 aromatic rings. The molecule has 0 saturated heterocycles. The molecule has 13 heavy (non-hydrogen) atoms. The lowest BCUT2D eigenvalue weighted by molar-refractivity contribution is 0.513. The van der Waals surface area contributed by atoms with E-state index < -0.39 is 12.5 Å². The first kappa shape index (κ1) is 14.3. The highest BCUT2D eigenvalue weighted by atomic mass is 33.5. The molecule has 0 saturated carbocycles. The first-order valence-corrected chi connectivity index (χ1v) is 11.2. The van der Waals surface area contributed by atoms with Crippen molar-refractivity contribution in [3.05, 3.63) is 0 Å². The van der Waals surface area contributed by atoms with Gasteiger partial charge in [-0.25, -0.2) is 0 Å². The van der Waals surface area contributed by atoms with Gasteiger partial charge in [0.1, 0.15) is 0 Å². The molecule has 0 aromatic heterocycles. The van der Waals surface area contributed by atoms with Crippen molar-refractivity contribution in [2.24, 2.45) is 0 Å². The van der Waals surface area contributed by atoms with Gasteiger partial charge in [0, 0.05) is 10.5 Å². The molecule has 1 N–H and O–H groups in total. The zero-order chi connectivity index (χ0) is 10.9. The standard InChI is InChI=1S/C6H15O2PS4/c1-5(2)12-9(7,8)13(10,11)6(3)4/h5-6H,1-4H3,(H,7,8). The van der Waals surface area contributed by atoms with Crippen LogP contribution >= 0.6 is 17.2 Å². The quantitative estimate of drug-likeness (QED) is 0.800. The normalized spacial score (nSPS) is 17.8. The summed E-state index contributed by atoms with van der Waals surface area (Å²) in [5, 5.41) is 0.0203. The average molecular weight is 278 g/mol. The highest BCUT2D eigenvalue weighted by Gasteiger charge is 2.32. The van der Waals surface area contributed by atoms with Crippen molar-refractivity contribution in [2.45, 2.75) is 38.2 Å². The van der Waals surface area contributed by atoms with Crippen LogP contribution in [0.3, 0.4) is 0 Å². The van der Waals surface area contributed by atoms with Gasteiger partial charge in [-0.15, -0.1) is 0 Å². The predicted octanol–water partition coefficient (Wildman–Crippen LogP) is 2.71. The van der Waals surface area contributed by atoms with Crippen LogP contribution in [0.2, 0.25) is 0 Å².